The van der Waals surface area contributed by atoms with Crippen molar-refractivity contribution in [2.24, 2.45) is 5.41 Å². The van der Waals surface area contributed by atoms with Crippen LogP contribution in [0.25, 0.3) is 6.08 Å². The third kappa shape index (κ3) is 3.69. The molecule has 1 fully saturated rings. The third-order valence-electron chi connectivity index (χ3n) is 9.14. The highest BCUT2D eigenvalue weighted by Gasteiger charge is 2.72. The van der Waals surface area contributed by atoms with Crippen molar-refractivity contribution in [3.05, 3.63) is 129 Å². The van der Waals surface area contributed by atoms with E-state index in [1.165, 1.54) is 14.2 Å². The molecule has 0 saturated carbocycles. The van der Waals surface area contributed by atoms with Gasteiger partial charge < -0.3 is 14.4 Å². The van der Waals surface area contributed by atoms with Gasteiger partial charge in [0, 0.05) is 38.9 Å². The van der Waals surface area contributed by atoms with Gasteiger partial charge in [0.15, 0.2) is 28.8 Å². The number of ether oxygens (including phenoxy) is 2. The second-order valence-corrected chi connectivity index (χ2v) is 11.7. The summed E-state index contributed by atoms with van der Waals surface area (Å²) in [5.41, 5.74) is 2.65. The lowest BCUT2D eigenvalue weighted by Crippen LogP contribution is -2.48. The molecule has 7 rings (SSSR count). The summed E-state index contributed by atoms with van der Waals surface area (Å²) in [7, 11) is 3.06. The van der Waals surface area contributed by atoms with Gasteiger partial charge in [-0.15, -0.1) is 0 Å². The largest absolute Gasteiger partial charge is 0.493 e. The first-order valence-electron chi connectivity index (χ1n) is 14.1. The van der Waals surface area contributed by atoms with E-state index in [2.05, 4.69) is 0 Å². The molecule has 1 spiro atoms. The number of aryl methyl sites for hydroxylation is 1. The second-order valence-electron chi connectivity index (χ2n) is 11.2. The summed E-state index contributed by atoms with van der Waals surface area (Å²) in [4.78, 5) is 46.5. The van der Waals surface area contributed by atoms with Crippen LogP contribution >= 0.6 is 11.6 Å². The Morgan fingerprint density at radius 1 is 0.860 bits per heavy atom. The lowest BCUT2D eigenvalue weighted by atomic mass is 9.64. The minimum absolute atomic E-state index is 0.204. The molecule has 3 atom stereocenters. The molecule has 0 unspecified atom stereocenters. The summed E-state index contributed by atoms with van der Waals surface area (Å²) in [5.74, 6) is -0.912. The molecule has 1 saturated heterocycles. The number of fused-ring (bicyclic) bond motifs is 5. The number of carbonyl (C=O) groups excluding carboxylic acids is 3. The molecular formula is C36H28ClNO5. The first-order valence-corrected chi connectivity index (χ1v) is 14.5. The fourth-order valence-electron chi connectivity index (χ4n) is 7.34. The lowest BCUT2D eigenvalue weighted by molar-refractivity contribution is 0.0664. The highest BCUT2D eigenvalue weighted by atomic mass is 35.5. The molecule has 0 amide bonds. The van der Waals surface area contributed by atoms with Crippen molar-refractivity contribution in [1.82, 2.24) is 0 Å². The first kappa shape index (κ1) is 27.2. The van der Waals surface area contributed by atoms with Crippen molar-refractivity contribution in [1.29, 1.82) is 0 Å². The zero-order valence-electron chi connectivity index (χ0n) is 23.8. The van der Waals surface area contributed by atoms with Crippen LogP contribution in [0.2, 0.25) is 5.02 Å². The van der Waals surface area contributed by atoms with Crippen molar-refractivity contribution in [2.45, 2.75) is 24.9 Å². The number of ketones is 3. The number of methoxy groups -OCH3 is 2. The number of hydrogen-bond donors (Lipinski definition) is 0. The van der Waals surface area contributed by atoms with E-state index >= 15 is 0 Å². The smallest absolute Gasteiger partial charge is 0.185 e. The molecule has 214 valence electrons. The van der Waals surface area contributed by atoms with Crippen molar-refractivity contribution in [2.75, 3.05) is 19.1 Å². The van der Waals surface area contributed by atoms with E-state index < -0.39 is 23.4 Å². The van der Waals surface area contributed by atoms with Gasteiger partial charge in [-0.1, -0.05) is 90.0 Å². The first-order chi connectivity index (χ1) is 20.8. The molecule has 7 heteroatoms. The predicted octanol–water partition coefficient (Wildman–Crippen LogP) is 6.98. The summed E-state index contributed by atoms with van der Waals surface area (Å²) in [6, 6.07) is 23.5. The van der Waals surface area contributed by atoms with Crippen LogP contribution in [0.1, 0.15) is 53.7 Å². The van der Waals surface area contributed by atoms with Crippen molar-refractivity contribution in [3.8, 4) is 11.5 Å². The number of carbonyl (C=O) groups is 3. The molecule has 0 N–H and O–H groups in total. The number of hydrogen-bond acceptors (Lipinski definition) is 6. The number of anilines is 1. The molecule has 43 heavy (non-hydrogen) atoms. The van der Waals surface area contributed by atoms with E-state index in [9.17, 15) is 14.4 Å². The van der Waals surface area contributed by atoms with Gasteiger partial charge in [-0.3, -0.25) is 14.4 Å². The molecular weight excluding hydrogens is 562 g/mol. The van der Waals surface area contributed by atoms with Crippen LogP contribution in [0, 0.1) is 12.3 Å². The van der Waals surface area contributed by atoms with E-state index in [-0.39, 0.29) is 17.3 Å². The number of rotatable bonds is 5. The Bertz CT molecular complexity index is 1830. The van der Waals surface area contributed by atoms with Crippen LogP contribution in [-0.4, -0.2) is 43.7 Å². The van der Waals surface area contributed by atoms with Crippen LogP contribution in [0.5, 0.6) is 11.5 Å². The molecule has 1 aliphatic carbocycles. The molecule has 4 aromatic carbocycles. The summed E-state index contributed by atoms with van der Waals surface area (Å²) in [6.07, 6.45) is 3.77. The zero-order chi connectivity index (χ0) is 30.0. The van der Waals surface area contributed by atoms with Crippen molar-refractivity contribution in [3.63, 3.8) is 0 Å². The number of halogens is 1. The summed E-state index contributed by atoms with van der Waals surface area (Å²) in [6.45, 7) is 1.96. The monoisotopic (exact) mass is 589 g/mol. The quantitative estimate of drug-likeness (QED) is 0.185. The Morgan fingerprint density at radius 3 is 2.21 bits per heavy atom. The topological polar surface area (TPSA) is 72.9 Å². The predicted molar refractivity (Wildman–Crippen MR) is 166 cm³/mol. The zero-order valence-corrected chi connectivity index (χ0v) is 24.6. The summed E-state index contributed by atoms with van der Waals surface area (Å²) in [5, 5.41) is 0.545. The van der Waals surface area contributed by atoms with Gasteiger partial charge in [0.25, 0.3) is 0 Å². The van der Waals surface area contributed by atoms with Crippen molar-refractivity contribution >= 4 is 40.7 Å². The summed E-state index contributed by atoms with van der Waals surface area (Å²) < 4.78 is 11.6. The Hall–Kier alpha value is -4.68. The van der Waals surface area contributed by atoms with Crippen LogP contribution < -0.4 is 14.4 Å². The van der Waals surface area contributed by atoms with Crippen LogP contribution in [-0.2, 0) is 0 Å². The second kappa shape index (κ2) is 9.96. The van der Waals surface area contributed by atoms with Gasteiger partial charge >= 0.3 is 0 Å². The van der Waals surface area contributed by atoms with Crippen LogP contribution in [0.3, 0.4) is 0 Å². The Labute approximate surface area is 254 Å². The van der Waals surface area contributed by atoms with E-state index in [0.29, 0.717) is 38.8 Å². The Kier molecular flexibility index (Phi) is 6.29. The third-order valence-corrected chi connectivity index (χ3v) is 9.37. The fourth-order valence-corrected chi connectivity index (χ4v) is 7.52. The molecule has 2 aliphatic heterocycles. The molecule has 2 heterocycles. The Morgan fingerprint density at radius 2 is 1.56 bits per heavy atom. The number of nitrogens with zero attached hydrogens (tertiary/aromatic N) is 1. The van der Waals surface area contributed by atoms with Gasteiger partial charge in [0.1, 0.15) is 11.5 Å². The highest BCUT2D eigenvalue weighted by Crippen LogP contribution is 2.62. The number of para-hydroxylation sites is 1. The summed E-state index contributed by atoms with van der Waals surface area (Å²) >= 11 is 6.40. The van der Waals surface area contributed by atoms with E-state index in [1.807, 2.05) is 54.3 Å². The van der Waals surface area contributed by atoms with E-state index in [4.69, 9.17) is 21.1 Å². The lowest BCUT2D eigenvalue weighted by Gasteiger charge is -2.37. The molecule has 3 aliphatic rings. The van der Waals surface area contributed by atoms with Gasteiger partial charge in [0.05, 0.1) is 20.3 Å². The number of Topliss-reactive ketones (excluding diaryl/α,β-unsaturated/α-hetero) is 3. The maximum Gasteiger partial charge on any atom is 0.185 e. The minimum atomic E-state index is -1.65. The van der Waals surface area contributed by atoms with Crippen LogP contribution in [0.15, 0.2) is 91.0 Å². The molecule has 6 nitrogen and oxygen atoms in total. The molecule has 0 bridgehead atoms. The number of benzene rings is 4. The normalized spacial score (nSPS) is 21.0. The average Bonchev–Trinajstić information content (AvgIpc) is 3.46. The standard InChI is InChI=1S/C36H28ClNO5/c1-20-11-13-21(14-12-20)32(39)31-30(26-9-6-10-28(42-2)33(26)43-3)36(34(40)24-7-4-5-8-25(24)35(36)41)29-18-15-22-19-23(37)16-17-27(22)38(29)31/h4-19,29-31H,1-3H3/t29-,30-,31+/m0/s1. The highest BCUT2D eigenvalue weighted by molar-refractivity contribution is 6.33. The Balaban J connectivity index is 1.58. The van der Waals surface area contributed by atoms with Gasteiger partial charge in [0.2, 0.25) is 0 Å². The van der Waals surface area contributed by atoms with Gasteiger partial charge in [-0.05, 0) is 36.8 Å². The molecule has 4 aromatic rings. The van der Waals surface area contributed by atoms with Crippen molar-refractivity contribution < 1.29 is 23.9 Å². The van der Waals surface area contributed by atoms with Crippen LogP contribution in [0.4, 0.5) is 5.69 Å². The molecule has 0 radical (unpaired) electrons. The van der Waals surface area contributed by atoms with E-state index in [1.54, 1.807) is 54.6 Å². The maximum atomic E-state index is 14.9. The van der Waals surface area contributed by atoms with Gasteiger partial charge in [-0.2, -0.15) is 0 Å². The maximum absolute atomic E-state index is 14.9. The SMILES string of the molecule is COc1cccc([C@H]2[C@H](C(=O)c3ccc(C)cc3)N3c4ccc(Cl)cc4C=C[C@H]3C23C(=O)c2ccccc2C3=O)c1OC. The molecule has 0 aromatic heterocycles. The fraction of sp³-hybridized carbons (Fsp3) is 0.194. The van der Waals surface area contributed by atoms with E-state index in [0.717, 1.165) is 16.8 Å². The van der Waals surface area contributed by atoms with Gasteiger partial charge in [-0.25, -0.2) is 0 Å². The average molecular weight is 590 g/mol. The minimum Gasteiger partial charge on any atom is -0.493 e.